The van der Waals surface area contributed by atoms with Crippen LogP contribution in [-0.2, 0) is 19.5 Å². The van der Waals surface area contributed by atoms with Gasteiger partial charge in [0.15, 0.2) is 0 Å². The van der Waals surface area contributed by atoms with Gasteiger partial charge in [0.05, 0.1) is 16.9 Å². The van der Waals surface area contributed by atoms with E-state index in [1.165, 1.54) is 54.1 Å². The molecular formula is C33H61IN8. The molecule has 42 heavy (non-hydrogen) atoms. The molecule has 0 atom stereocenters. The van der Waals surface area contributed by atoms with Gasteiger partial charge in [0.1, 0.15) is 5.82 Å². The lowest BCUT2D eigenvalue weighted by Crippen LogP contribution is -2.33. The molecule has 2 aromatic rings. The van der Waals surface area contributed by atoms with Gasteiger partial charge in [-0.15, -0.1) is 0 Å². The maximum absolute atomic E-state index is 7.94. The van der Waals surface area contributed by atoms with Crippen molar-refractivity contribution < 1.29 is 0 Å². The first-order valence-corrected chi connectivity index (χ1v) is 17.6. The van der Waals surface area contributed by atoms with Crippen LogP contribution in [0.2, 0.25) is 0 Å². The first-order chi connectivity index (χ1) is 20.1. The van der Waals surface area contributed by atoms with Crippen LogP contribution in [0.4, 0.5) is 11.5 Å². The van der Waals surface area contributed by atoms with Crippen molar-refractivity contribution in [3.63, 3.8) is 0 Å². The number of nitrogens with zero attached hydrogens (tertiary/aromatic N) is 5. The third-order valence-electron chi connectivity index (χ3n) is 8.27. The number of alkyl halides is 1. The Morgan fingerprint density at radius 1 is 1.10 bits per heavy atom. The minimum Gasteiger partial charge on any atom is -0.373 e. The second-order valence-electron chi connectivity index (χ2n) is 11.3. The summed E-state index contributed by atoms with van der Waals surface area (Å²) in [5.41, 5.74) is 13.8. The summed E-state index contributed by atoms with van der Waals surface area (Å²) in [5, 5.41) is 16.1. The SMILES string of the molecule is CC.CC.CC.CN(C)CCI.CNc1nc(C)cc(N2CCc3c(c(C)nn3CC34CCC(N)(CC3)C4)C2)c1C=N. The second-order valence-corrected chi connectivity index (χ2v) is 12.4. The third-order valence-corrected chi connectivity index (χ3v) is 8.75. The van der Waals surface area contributed by atoms with Gasteiger partial charge < -0.3 is 26.3 Å². The van der Waals surface area contributed by atoms with Crippen LogP contribution in [0.25, 0.3) is 0 Å². The van der Waals surface area contributed by atoms with E-state index in [1.54, 1.807) is 0 Å². The van der Waals surface area contributed by atoms with E-state index in [1.807, 2.05) is 55.5 Å². The van der Waals surface area contributed by atoms with Crippen LogP contribution < -0.4 is 16.0 Å². The molecule has 4 N–H and O–H groups in total. The first-order valence-electron chi connectivity index (χ1n) is 16.1. The van der Waals surface area contributed by atoms with E-state index in [9.17, 15) is 0 Å². The lowest BCUT2D eigenvalue weighted by Gasteiger charge is -2.32. The lowest BCUT2D eigenvalue weighted by molar-refractivity contribution is 0.233. The van der Waals surface area contributed by atoms with Gasteiger partial charge >= 0.3 is 0 Å². The van der Waals surface area contributed by atoms with Crippen molar-refractivity contribution in [1.29, 1.82) is 5.41 Å². The highest BCUT2D eigenvalue weighted by atomic mass is 127. The summed E-state index contributed by atoms with van der Waals surface area (Å²) in [5.74, 6) is 0.769. The van der Waals surface area contributed by atoms with Crippen molar-refractivity contribution in [3.05, 3.63) is 34.3 Å². The summed E-state index contributed by atoms with van der Waals surface area (Å²) in [6.45, 7) is 20.1. The standard InChI is InChI=1S/C23H33N7.C4H10IN.3C2H6/c1-15-10-20(17(11-24)21(26-3)27-15)29-9-4-19-18(12-29)16(2)28-30(19)14-22-5-7-23(25,13-22)8-6-22;1-6(2)4-3-5;3*1-2/h10-11,24H,4-9,12-14,25H2,1-3H3,(H,26,27);3-4H2,1-2H3;3*1-2H3. The van der Waals surface area contributed by atoms with Gasteiger partial charge in [-0.05, 0) is 71.5 Å². The molecule has 3 heterocycles. The van der Waals surface area contributed by atoms with E-state index in [2.05, 4.69) is 74.5 Å². The van der Waals surface area contributed by atoms with Crippen LogP contribution in [0.5, 0.6) is 0 Å². The average Bonchev–Trinajstić information content (AvgIpc) is 3.63. The van der Waals surface area contributed by atoms with Crippen molar-refractivity contribution in [1.82, 2.24) is 19.7 Å². The summed E-state index contributed by atoms with van der Waals surface area (Å²) < 4.78 is 3.54. The Labute approximate surface area is 271 Å². The number of nitrogens with two attached hydrogens (primary N) is 1. The van der Waals surface area contributed by atoms with Gasteiger partial charge in [-0.2, -0.15) is 5.10 Å². The number of hydrogen-bond donors (Lipinski definition) is 3. The number of halogens is 1. The Kier molecular flexibility index (Phi) is 16.6. The maximum atomic E-state index is 7.94. The minimum absolute atomic E-state index is 0.0897. The summed E-state index contributed by atoms with van der Waals surface area (Å²) in [6.07, 6.45) is 8.39. The number of pyridine rings is 1. The number of hydrogen-bond acceptors (Lipinski definition) is 7. The Morgan fingerprint density at radius 2 is 1.71 bits per heavy atom. The van der Waals surface area contributed by atoms with E-state index in [0.717, 1.165) is 60.9 Å². The fourth-order valence-corrected chi connectivity index (χ4v) is 7.30. The van der Waals surface area contributed by atoms with E-state index in [0.29, 0.717) is 5.41 Å². The summed E-state index contributed by atoms with van der Waals surface area (Å²) >= 11 is 2.36. The highest BCUT2D eigenvalue weighted by Gasteiger charge is 2.52. The highest BCUT2D eigenvalue weighted by Crippen LogP contribution is 2.56. The van der Waals surface area contributed by atoms with Crippen LogP contribution in [-0.4, -0.2) is 70.1 Å². The zero-order chi connectivity index (χ0) is 32.1. The van der Waals surface area contributed by atoms with Gasteiger partial charge in [-0.25, -0.2) is 4.98 Å². The summed E-state index contributed by atoms with van der Waals surface area (Å²) in [6, 6.07) is 2.10. The fraction of sp³-hybridized carbons (Fsp3) is 0.727. The molecule has 240 valence electrons. The highest BCUT2D eigenvalue weighted by molar-refractivity contribution is 14.1. The van der Waals surface area contributed by atoms with Gasteiger partial charge in [-0.3, -0.25) is 4.68 Å². The fourth-order valence-electron chi connectivity index (χ4n) is 6.34. The zero-order valence-corrected chi connectivity index (χ0v) is 30.8. The topological polar surface area (TPSA) is 99.1 Å². The van der Waals surface area contributed by atoms with Crippen molar-refractivity contribution in [3.8, 4) is 0 Å². The van der Waals surface area contributed by atoms with E-state index >= 15 is 0 Å². The number of nitrogens with one attached hydrogen (secondary N) is 2. The lowest BCUT2D eigenvalue weighted by atomic mass is 9.84. The molecule has 1 aliphatic heterocycles. The molecule has 2 bridgehead atoms. The normalized spacial score (nSPS) is 21.4. The monoisotopic (exact) mass is 696 g/mol. The largest absolute Gasteiger partial charge is 0.373 e. The first kappa shape index (κ1) is 38.3. The van der Waals surface area contributed by atoms with Crippen molar-refractivity contribution in [2.75, 3.05) is 48.9 Å². The second kappa shape index (κ2) is 18.2. The van der Waals surface area contributed by atoms with E-state index < -0.39 is 0 Å². The smallest absolute Gasteiger partial charge is 0.136 e. The molecule has 0 unspecified atom stereocenters. The summed E-state index contributed by atoms with van der Waals surface area (Å²) in [7, 11) is 6.03. The molecule has 0 saturated heterocycles. The molecule has 2 aromatic heterocycles. The predicted molar refractivity (Wildman–Crippen MR) is 192 cm³/mol. The van der Waals surface area contributed by atoms with Crippen molar-refractivity contribution in [2.24, 2.45) is 11.1 Å². The molecule has 2 saturated carbocycles. The number of anilines is 2. The summed E-state index contributed by atoms with van der Waals surface area (Å²) in [4.78, 5) is 9.11. The Balaban J connectivity index is 0.000000640. The molecule has 3 aliphatic rings. The number of rotatable bonds is 7. The number of aryl methyl sites for hydroxylation is 2. The number of fused-ring (bicyclic) bond motifs is 3. The van der Waals surface area contributed by atoms with Crippen molar-refractivity contribution >= 4 is 40.3 Å². The third kappa shape index (κ3) is 9.39. The van der Waals surface area contributed by atoms with Crippen LogP contribution >= 0.6 is 22.6 Å². The van der Waals surface area contributed by atoms with E-state index in [-0.39, 0.29) is 5.54 Å². The Hall–Kier alpha value is -1.72. The molecule has 2 aliphatic carbocycles. The predicted octanol–water partition coefficient (Wildman–Crippen LogP) is 7.22. The minimum atomic E-state index is 0.0897. The molecule has 0 radical (unpaired) electrons. The molecule has 0 spiro atoms. The van der Waals surface area contributed by atoms with Gasteiger partial charge in [0.25, 0.3) is 0 Å². The average molecular weight is 697 g/mol. The van der Waals surface area contributed by atoms with Gasteiger partial charge in [0, 0.05) is 72.8 Å². The van der Waals surface area contributed by atoms with Crippen LogP contribution in [0.1, 0.15) is 102 Å². The Morgan fingerprint density at radius 3 is 2.17 bits per heavy atom. The van der Waals surface area contributed by atoms with Crippen molar-refractivity contribution in [2.45, 2.75) is 113 Å². The van der Waals surface area contributed by atoms with Crippen LogP contribution in [0, 0.1) is 24.7 Å². The molecular weight excluding hydrogens is 635 g/mol. The Bertz CT molecular complexity index is 1090. The molecule has 9 heteroatoms. The molecule has 0 amide bonds. The van der Waals surface area contributed by atoms with Crippen LogP contribution in [0.15, 0.2) is 6.07 Å². The zero-order valence-electron chi connectivity index (χ0n) is 28.6. The van der Waals surface area contributed by atoms with E-state index in [4.69, 9.17) is 16.2 Å². The molecule has 5 rings (SSSR count). The quantitative estimate of drug-likeness (QED) is 0.161. The van der Waals surface area contributed by atoms with Crippen LogP contribution in [0.3, 0.4) is 0 Å². The molecule has 2 fully saturated rings. The maximum Gasteiger partial charge on any atom is 0.136 e. The van der Waals surface area contributed by atoms with Gasteiger partial charge in [-0.1, -0.05) is 64.1 Å². The molecule has 8 nitrogen and oxygen atoms in total. The van der Waals surface area contributed by atoms with Gasteiger partial charge in [0.2, 0.25) is 0 Å². The number of aromatic nitrogens is 3. The molecule has 0 aromatic carbocycles.